The highest BCUT2D eigenvalue weighted by Gasteiger charge is 2.20. The van der Waals surface area contributed by atoms with Gasteiger partial charge in [-0.2, -0.15) is 5.10 Å². The second-order valence-corrected chi connectivity index (χ2v) is 4.10. The Hall–Kier alpha value is -0.840. The summed E-state index contributed by atoms with van der Waals surface area (Å²) in [6, 6.07) is 0.249. The van der Waals surface area contributed by atoms with Crippen molar-refractivity contribution in [2.75, 3.05) is 0 Å². The summed E-state index contributed by atoms with van der Waals surface area (Å²) in [6.45, 7) is 0.761. The monoisotopic (exact) mass is 243 g/mol. The molecule has 0 spiro atoms. The van der Waals surface area contributed by atoms with Crippen LogP contribution in [0.5, 0.6) is 0 Å². The van der Waals surface area contributed by atoms with Crippen molar-refractivity contribution in [2.45, 2.75) is 25.4 Å². The molecule has 1 saturated heterocycles. The largest absolute Gasteiger partial charge is 0.351 e. The molecular formula is C8H10BrN3O. The van der Waals surface area contributed by atoms with Crippen molar-refractivity contribution in [1.29, 1.82) is 0 Å². The van der Waals surface area contributed by atoms with Crippen LogP contribution in [0.4, 0.5) is 0 Å². The Balaban J connectivity index is 1.95. The molecule has 1 aliphatic heterocycles. The molecule has 0 aromatic carbocycles. The van der Waals surface area contributed by atoms with Gasteiger partial charge in [-0.15, -0.1) is 0 Å². The molecule has 0 saturated carbocycles. The minimum atomic E-state index is 0.149. The Morgan fingerprint density at radius 1 is 1.77 bits per heavy atom. The molecule has 1 atom stereocenters. The fourth-order valence-electron chi connectivity index (χ4n) is 1.48. The number of rotatable bonds is 2. The van der Waals surface area contributed by atoms with Crippen LogP contribution in [0.1, 0.15) is 12.8 Å². The SMILES string of the molecule is O=C1CCC(Cn2cc(Br)cn2)N1. The lowest BCUT2D eigenvalue weighted by atomic mass is 10.2. The molecule has 0 bridgehead atoms. The van der Waals surface area contributed by atoms with Gasteiger partial charge in [0.1, 0.15) is 0 Å². The van der Waals surface area contributed by atoms with E-state index in [1.165, 1.54) is 0 Å². The van der Waals surface area contributed by atoms with Crippen molar-refractivity contribution in [2.24, 2.45) is 0 Å². The Labute approximate surface area is 84.4 Å². The number of nitrogens with one attached hydrogen (secondary N) is 1. The first-order valence-corrected chi connectivity index (χ1v) is 5.00. The van der Waals surface area contributed by atoms with Gasteiger partial charge in [0.25, 0.3) is 0 Å². The van der Waals surface area contributed by atoms with Crippen LogP contribution in [-0.2, 0) is 11.3 Å². The Kier molecular flexibility index (Phi) is 2.35. The third-order valence-corrected chi connectivity index (χ3v) is 2.50. The van der Waals surface area contributed by atoms with Gasteiger partial charge in [0.05, 0.1) is 17.2 Å². The first-order valence-electron chi connectivity index (χ1n) is 4.21. The quantitative estimate of drug-likeness (QED) is 0.840. The molecule has 2 rings (SSSR count). The predicted octanol–water partition coefficient (Wildman–Crippen LogP) is 0.924. The molecular weight excluding hydrogens is 234 g/mol. The maximum absolute atomic E-state index is 10.9. The van der Waals surface area contributed by atoms with Crippen LogP contribution >= 0.6 is 15.9 Å². The van der Waals surface area contributed by atoms with Crippen LogP contribution in [0.25, 0.3) is 0 Å². The van der Waals surface area contributed by atoms with Crippen LogP contribution < -0.4 is 5.32 Å². The summed E-state index contributed by atoms with van der Waals surface area (Å²) in [5.74, 6) is 0.149. The van der Waals surface area contributed by atoms with Gasteiger partial charge in [-0.3, -0.25) is 9.48 Å². The number of hydrogen-bond donors (Lipinski definition) is 1. The van der Waals surface area contributed by atoms with E-state index in [2.05, 4.69) is 26.3 Å². The second-order valence-electron chi connectivity index (χ2n) is 3.18. The zero-order chi connectivity index (χ0) is 9.26. The predicted molar refractivity (Wildman–Crippen MR) is 51.1 cm³/mol. The smallest absolute Gasteiger partial charge is 0.220 e. The van der Waals surface area contributed by atoms with Crippen LogP contribution in [0.3, 0.4) is 0 Å². The average molecular weight is 244 g/mol. The number of halogens is 1. The van der Waals surface area contributed by atoms with Crippen LogP contribution in [-0.4, -0.2) is 21.7 Å². The van der Waals surface area contributed by atoms with Crippen molar-refractivity contribution in [3.8, 4) is 0 Å². The molecule has 1 fully saturated rings. The lowest BCUT2D eigenvalue weighted by Gasteiger charge is -2.08. The van der Waals surface area contributed by atoms with Gasteiger partial charge >= 0.3 is 0 Å². The third-order valence-electron chi connectivity index (χ3n) is 2.09. The van der Waals surface area contributed by atoms with Crippen molar-refractivity contribution >= 4 is 21.8 Å². The van der Waals surface area contributed by atoms with Gasteiger partial charge in [0.15, 0.2) is 0 Å². The summed E-state index contributed by atoms with van der Waals surface area (Å²) in [5, 5.41) is 7.02. The second kappa shape index (κ2) is 3.49. The van der Waals surface area contributed by atoms with E-state index < -0.39 is 0 Å². The van der Waals surface area contributed by atoms with Crippen LogP contribution in [0.15, 0.2) is 16.9 Å². The number of hydrogen-bond acceptors (Lipinski definition) is 2. The fourth-order valence-corrected chi connectivity index (χ4v) is 1.81. The fraction of sp³-hybridized carbons (Fsp3) is 0.500. The standard InChI is InChI=1S/C8H10BrN3O/c9-6-3-10-12(4-6)5-7-1-2-8(13)11-7/h3-4,7H,1-2,5H2,(H,11,13). The highest BCUT2D eigenvalue weighted by Crippen LogP contribution is 2.11. The molecule has 0 radical (unpaired) electrons. The molecule has 1 aliphatic rings. The minimum absolute atomic E-state index is 0.149. The molecule has 1 aromatic rings. The van der Waals surface area contributed by atoms with E-state index in [0.717, 1.165) is 17.4 Å². The maximum Gasteiger partial charge on any atom is 0.220 e. The summed E-state index contributed by atoms with van der Waals surface area (Å²) >= 11 is 3.32. The number of aromatic nitrogens is 2. The van der Waals surface area contributed by atoms with Crippen molar-refractivity contribution in [3.05, 3.63) is 16.9 Å². The Bertz CT molecular complexity index is 323. The number of nitrogens with zero attached hydrogens (tertiary/aromatic N) is 2. The van der Waals surface area contributed by atoms with E-state index in [0.29, 0.717) is 6.42 Å². The van der Waals surface area contributed by atoms with Crippen LogP contribution in [0.2, 0.25) is 0 Å². The summed E-state index contributed by atoms with van der Waals surface area (Å²) in [4.78, 5) is 10.9. The Morgan fingerprint density at radius 2 is 2.62 bits per heavy atom. The van der Waals surface area contributed by atoms with Gasteiger partial charge in [-0.05, 0) is 22.4 Å². The van der Waals surface area contributed by atoms with Crippen LogP contribution in [0, 0.1) is 0 Å². The van der Waals surface area contributed by atoms with Gasteiger partial charge in [0, 0.05) is 18.7 Å². The van der Waals surface area contributed by atoms with E-state index in [-0.39, 0.29) is 11.9 Å². The Morgan fingerprint density at radius 3 is 3.15 bits per heavy atom. The lowest BCUT2D eigenvalue weighted by molar-refractivity contribution is -0.119. The maximum atomic E-state index is 10.9. The van der Waals surface area contributed by atoms with E-state index in [4.69, 9.17) is 0 Å². The molecule has 2 heterocycles. The number of carbonyl (C=O) groups is 1. The van der Waals surface area contributed by atoms with E-state index in [1.54, 1.807) is 6.20 Å². The van der Waals surface area contributed by atoms with E-state index in [1.807, 2.05) is 10.9 Å². The summed E-state index contributed by atoms with van der Waals surface area (Å²) in [5.41, 5.74) is 0. The molecule has 70 valence electrons. The average Bonchev–Trinajstić information content (AvgIpc) is 2.62. The molecule has 0 aliphatic carbocycles. The molecule has 1 unspecified atom stereocenters. The van der Waals surface area contributed by atoms with Gasteiger partial charge in [0.2, 0.25) is 5.91 Å². The molecule has 1 amide bonds. The number of carbonyl (C=O) groups excluding carboxylic acids is 1. The van der Waals surface area contributed by atoms with Gasteiger partial charge in [-0.25, -0.2) is 0 Å². The van der Waals surface area contributed by atoms with Crippen molar-refractivity contribution in [1.82, 2.24) is 15.1 Å². The first kappa shape index (κ1) is 8.74. The topological polar surface area (TPSA) is 46.9 Å². The molecule has 13 heavy (non-hydrogen) atoms. The van der Waals surface area contributed by atoms with Gasteiger partial charge < -0.3 is 5.32 Å². The van der Waals surface area contributed by atoms with Crippen molar-refractivity contribution < 1.29 is 4.79 Å². The molecule has 5 heteroatoms. The molecule has 1 aromatic heterocycles. The van der Waals surface area contributed by atoms with Gasteiger partial charge in [-0.1, -0.05) is 0 Å². The normalized spacial score (nSPS) is 21.9. The zero-order valence-electron chi connectivity index (χ0n) is 7.03. The minimum Gasteiger partial charge on any atom is -0.351 e. The van der Waals surface area contributed by atoms with E-state index in [9.17, 15) is 4.79 Å². The third kappa shape index (κ3) is 2.09. The summed E-state index contributed by atoms with van der Waals surface area (Å²) in [7, 11) is 0. The number of amides is 1. The summed E-state index contributed by atoms with van der Waals surface area (Å²) < 4.78 is 2.80. The molecule has 1 N–H and O–H groups in total. The lowest BCUT2D eigenvalue weighted by Crippen LogP contribution is -2.29. The molecule has 4 nitrogen and oxygen atoms in total. The van der Waals surface area contributed by atoms with Crippen molar-refractivity contribution in [3.63, 3.8) is 0 Å². The zero-order valence-corrected chi connectivity index (χ0v) is 8.62. The highest BCUT2D eigenvalue weighted by atomic mass is 79.9. The highest BCUT2D eigenvalue weighted by molar-refractivity contribution is 9.10. The first-order chi connectivity index (χ1) is 6.24. The van der Waals surface area contributed by atoms with E-state index >= 15 is 0 Å². The summed E-state index contributed by atoms with van der Waals surface area (Å²) in [6.07, 6.45) is 5.21.